The van der Waals surface area contributed by atoms with Crippen LogP contribution < -0.4 is 0 Å². The van der Waals surface area contributed by atoms with Gasteiger partial charge in [0.2, 0.25) is 0 Å². The quantitative estimate of drug-likeness (QED) is 0.772. The first kappa shape index (κ1) is 16.0. The van der Waals surface area contributed by atoms with Crippen LogP contribution in [0.25, 0.3) is 0 Å². The molecule has 110 valence electrons. The van der Waals surface area contributed by atoms with Crippen molar-refractivity contribution in [2.75, 3.05) is 6.54 Å². The van der Waals surface area contributed by atoms with E-state index in [4.69, 9.17) is 4.74 Å². The second-order valence-electron chi connectivity index (χ2n) is 6.60. The van der Waals surface area contributed by atoms with Crippen molar-refractivity contribution in [1.29, 1.82) is 0 Å². The summed E-state index contributed by atoms with van der Waals surface area (Å²) >= 11 is 0. The van der Waals surface area contributed by atoms with Gasteiger partial charge in [0.15, 0.2) is 5.78 Å². The van der Waals surface area contributed by atoms with E-state index in [0.717, 1.165) is 25.7 Å². The van der Waals surface area contributed by atoms with Crippen LogP contribution in [0.2, 0.25) is 0 Å². The Morgan fingerprint density at radius 2 is 1.79 bits per heavy atom. The van der Waals surface area contributed by atoms with Crippen molar-refractivity contribution >= 4 is 11.9 Å². The van der Waals surface area contributed by atoms with Crippen molar-refractivity contribution in [3.8, 4) is 0 Å². The molecule has 0 bridgehead atoms. The van der Waals surface area contributed by atoms with Gasteiger partial charge in [-0.3, -0.25) is 9.69 Å². The highest BCUT2D eigenvalue weighted by molar-refractivity contribution is 5.88. The van der Waals surface area contributed by atoms with E-state index in [0.29, 0.717) is 6.54 Å². The Hall–Kier alpha value is -1.06. The molecule has 0 spiro atoms. The zero-order chi connectivity index (χ0) is 14.6. The van der Waals surface area contributed by atoms with Gasteiger partial charge in [-0.15, -0.1) is 0 Å². The second-order valence-corrected chi connectivity index (χ2v) is 6.60. The van der Waals surface area contributed by atoms with E-state index in [2.05, 4.69) is 0 Å². The number of amides is 1. The van der Waals surface area contributed by atoms with E-state index < -0.39 is 5.60 Å². The monoisotopic (exact) mass is 269 g/mol. The molecule has 0 aromatic heterocycles. The maximum Gasteiger partial charge on any atom is 0.410 e. The van der Waals surface area contributed by atoms with Gasteiger partial charge in [-0.2, -0.15) is 0 Å². The van der Waals surface area contributed by atoms with Gasteiger partial charge in [-0.25, -0.2) is 4.79 Å². The lowest BCUT2D eigenvalue weighted by atomic mass is 9.97. The zero-order valence-electron chi connectivity index (χ0n) is 12.9. The molecule has 1 unspecified atom stereocenters. The van der Waals surface area contributed by atoms with Crippen LogP contribution in [0.3, 0.4) is 0 Å². The lowest BCUT2D eigenvalue weighted by molar-refractivity contribution is -0.127. The van der Waals surface area contributed by atoms with Crippen LogP contribution >= 0.6 is 0 Å². The minimum absolute atomic E-state index is 0.0481. The van der Waals surface area contributed by atoms with Gasteiger partial charge in [-0.05, 0) is 33.6 Å². The first-order valence-corrected chi connectivity index (χ1v) is 7.25. The number of ether oxygens (including phenoxy) is 1. The average Bonchev–Trinajstić information content (AvgIpc) is 2.50. The Kier molecular flexibility index (Phi) is 5.39. The summed E-state index contributed by atoms with van der Waals surface area (Å²) in [4.78, 5) is 26.2. The number of nitrogens with zero attached hydrogens (tertiary/aromatic N) is 1. The third-order valence-electron chi connectivity index (χ3n) is 3.28. The van der Waals surface area contributed by atoms with Gasteiger partial charge in [-0.1, -0.05) is 26.7 Å². The molecule has 0 aliphatic carbocycles. The summed E-state index contributed by atoms with van der Waals surface area (Å²) in [5.41, 5.74) is -0.519. The third kappa shape index (κ3) is 4.84. The molecule has 19 heavy (non-hydrogen) atoms. The van der Waals surface area contributed by atoms with Crippen LogP contribution in [0, 0.1) is 5.92 Å². The first-order valence-electron chi connectivity index (χ1n) is 7.25. The molecule has 4 heteroatoms. The molecule has 4 nitrogen and oxygen atoms in total. The SMILES string of the molecule is CC(C)C(=O)C1CCCCCN1C(=O)OC(C)(C)C. The number of carbonyl (C=O) groups is 2. The molecule has 0 radical (unpaired) electrons. The minimum Gasteiger partial charge on any atom is -0.444 e. The number of carbonyl (C=O) groups excluding carboxylic acids is 2. The summed E-state index contributed by atoms with van der Waals surface area (Å²) in [7, 11) is 0. The Morgan fingerprint density at radius 3 is 2.32 bits per heavy atom. The Morgan fingerprint density at radius 1 is 1.16 bits per heavy atom. The predicted molar refractivity (Wildman–Crippen MR) is 75.0 cm³/mol. The van der Waals surface area contributed by atoms with Crippen LogP contribution in [0.4, 0.5) is 4.79 Å². The molecular formula is C15H27NO3. The van der Waals surface area contributed by atoms with Gasteiger partial charge in [0.05, 0.1) is 6.04 Å². The highest BCUT2D eigenvalue weighted by Crippen LogP contribution is 2.22. The maximum atomic E-state index is 12.3. The van der Waals surface area contributed by atoms with Gasteiger partial charge in [0.25, 0.3) is 0 Å². The number of ketones is 1. The Balaban J connectivity index is 2.84. The fourth-order valence-corrected chi connectivity index (χ4v) is 2.33. The lowest BCUT2D eigenvalue weighted by Gasteiger charge is -2.32. The van der Waals surface area contributed by atoms with E-state index in [9.17, 15) is 9.59 Å². The van der Waals surface area contributed by atoms with Crippen molar-refractivity contribution in [2.45, 2.75) is 71.9 Å². The van der Waals surface area contributed by atoms with Crippen LogP contribution in [-0.2, 0) is 9.53 Å². The molecule has 1 aliphatic rings. The molecule has 1 saturated heterocycles. The summed E-state index contributed by atoms with van der Waals surface area (Å²) < 4.78 is 5.43. The van der Waals surface area contributed by atoms with E-state index in [1.54, 1.807) is 4.90 Å². The molecule has 0 aromatic rings. The first-order chi connectivity index (χ1) is 8.72. The standard InChI is InChI=1S/C15H27NO3/c1-11(2)13(17)12-9-7-6-8-10-16(12)14(18)19-15(3,4)5/h11-12H,6-10H2,1-5H3. The molecule has 1 atom stereocenters. The van der Waals surface area contributed by atoms with E-state index in [1.165, 1.54) is 0 Å². The molecule has 0 N–H and O–H groups in total. The van der Waals surface area contributed by atoms with Gasteiger partial charge in [0.1, 0.15) is 5.60 Å². The Bertz CT molecular complexity index is 331. The zero-order valence-corrected chi connectivity index (χ0v) is 12.9. The van der Waals surface area contributed by atoms with Crippen molar-refractivity contribution in [1.82, 2.24) is 4.90 Å². The van der Waals surface area contributed by atoms with Crippen LogP contribution in [-0.4, -0.2) is 35.0 Å². The maximum absolute atomic E-state index is 12.3. The molecule has 1 fully saturated rings. The van der Waals surface area contributed by atoms with Crippen molar-refractivity contribution in [3.63, 3.8) is 0 Å². The van der Waals surface area contributed by atoms with Crippen LogP contribution in [0.5, 0.6) is 0 Å². The second kappa shape index (κ2) is 6.40. The minimum atomic E-state index is -0.519. The number of Topliss-reactive ketones (excluding diaryl/α,β-unsaturated/α-hetero) is 1. The number of rotatable bonds is 2. The van der Waals surface area contributed by atoms with Gasteiger partial charge < -0.3 is 4.74 Å². The topological polar surface area (TPSA) is 46.6 Å². The molecule has 0 saturated carbocycles. The summed E-state index contributed by atoms with van der Waals surface area (Å²) in [6.45, 7) is 9.95. The van der Waals surface area contributed by atoms with E-state index >= 15 is 0 Å². The highest BCUT2D eigenvalue weighted by Gasteiger charge is 2.34. The normalized spacial score (nSPS) is 21.2. The fraction of sp³-hybridized carbons (Fsp3) is 0.867. The summed E-state index contributed by atoms with van der Waals surface area (Å²) in [5, 5.41) is 0. The smallest absolute Gasteiger partial charge is 0.410 e. The summed E-state index contributed by atoms with van der Waals surface area (Å²) in [6, 6.07) is -0.308. The Labute approximate surface area is 116 Å². The molecule has 1 amide bonds. The van der Waals surface area contributed by atoms with E-state index in [-0.39, 0.29) is 23.8 Å². The molecule has 1 aliphatic heterocycles. The van der Waals surface area contributed by atoms with Crippen molar-refractivity contribution in [3.05, 3.63) is 0 Å². The van der Waals surface area contributed by atoms with E-state index in [1.807, 2.05) is 34.6 Å². The number of hydrogen-bond donors (Lipinski definition) is 0. The molecule has 1 rings (SSSR count). The summed E-state index contributed by atoms with van der Waals surface area (Å²) in [5.74, 6) is 0.0980. The van der Waals surface area contributed by atoms with Crippen molar-refractivity contribution in [2.24, 2.45) is 5.92 Å². The van der Waals surface area contributed by atoms with Crippen LogP contribution in [0.1, 0.15) is 60.3 Å². The largest absolute Gasteiger partial charge is 0.444 e. The van der Waals surface area contributed by atoms with Crippen molar-refractivity contribution < 1.29 is 14.3 Å². The number of likely N-dealkylation sites (tertiary alicyclic amines) is 1. The highest BCUT2D eigenvalue weighted by atomic mass is 16.6. The predicted octanol–water partition coefficient (Wildman–Crippen LogP) is 3.39. The van der Waals surface area contributed by atoms with Gasteiger partial charge >= 0.3 is 6.09 Å². The fourth-order valence-electron chi connectivity index (χ4n) is 2.33. The molecule has 1 heterocycles. The average molecular weight is 269 g/mol. The third-order valence-corrected chi connectivity index (χ3v) is 3.28. The molecular weight excluding hydrogens is 242 g/mol. The van der Waals surface area contributed by atoms with Gasteiger partial charge in [0, 0.05) is 12.5 Å². The summed E-state index contributed by atoms with van der Waals surface area (Å²) in [6.07, 6.45) is 3.43. The molecule has 0 aromatic carbocycles. The van der Waals surface area contributed by atoms with Crippen LogP contribution in [0.15, 0.2) is 0 Å². The lowest BCUT2D eigenvalue weighted by Crippen LogP contribution is -2.48. The number of hydrogen-bond acceptors (Lipinski definition) is 3.